The van der Waals surface area contributed by atoms with Gasteiger partial charge in [0.25, 0.3) is 0 Å². The van der Waals surface area contributed by atoms with Crippen LogP contribution in [0.4, 0.5) is 10.1 Å². The van der Waals surface area contributed by atoms with Crippen LogP contribution in [0.3, 0.4) is 0 Å². The number of hydrogen-bond donors (Lipinski definition) is 1. The monoisotopic (exact) mass is 413 g/mol. The summed E-state index contributed by atoms with van der Waals surface area (Å²) >= 11 is 12.5. The van der Waals surface area contributed by atoms with Gasteiger partial charge in [0.05, 0.1) is 34.4 Å². The van der Waals surface area contributed by atoms with Gasteiger partial charge in [0.1, 0.15) is 11.0 Å². The highest BCUT2D eigenvalue weighted by Crippen LogP contribution is 2.25. The molecule has 0 amide bonds. The molecule has 0 aliphatic rings. The molecule has 140 valence electrons. The SMILES string of the molecule is Cc1nn(-c2ccc(F)cc2)c(Cl)c1/C=N/Nc1ccnc2cc(Cl)ccc12. The fourth-order valence-corrected chi connectivity index (χ4v) is 3.28. The smallest absolute Gasteiger partial charge is 0.142 e. The fraction of sp³-hybridized carbons (Fsp3) is 0.0500. The third kappa shape index (κ3) is 3.56. The summed E-state index contributed by atoms with van der Waals surface area (Å²) < 4.78 is 14.7. The van der Waals surface area contributed by atoms with Crippen LogP contribution in [0.1, 0.15) is 11.3 Å². The molecule has 0 fully saturated rings. The molecule has 1 N–H and O–H groups in total. The lowest BCUT2D eigenvalue weighted by atomic mass is 10.2. The Morgan fingerprint density at radius 3 is 2.68 bits per heavy atom. The second-order valence-corrected chi connectivity index (χ2v) is 6.86. The first-order valence-corrected chi connectivity index (χ1v) is 9.13. The van der Waals surface area contributed by atoms with Crippen LogP contribution in [0.25, 0.3) is 16.6 Å². The van der Waals surface area contributed by atoms with E-state index in [0.29, 0.717) is 27.1 Å². The topological polar surface area (TPSA) is 55.1 Å². The zero-order valence-corrected chi connectivity index (χ0v) is 16.2. The van der Waals surface area contributed by atoms with E-state index in [1.54, 1.807) is 41.4 Å². The third-order valence-electron chi connectivity index (χ3n) is 4.20. The van der Waals surface area contributed by atoms with Crippen LogP contribution in [-0.2, 0) is 0 Å². The zero-order valence-electron chi connectivity index (χ0n) is 14.7. The first kappa shape index (κ1) is 18.4. The molecule has 0 bridgehead atoms. The van der Waals surface area contributed by atoms with E-state index < -0.39 is 0 Å². The molecule has 0 spiro atoms. The van der Waals surface area contributed by atoms with Crippen LogP contribution in [-0.4, -0.2) is 21.0 Å². The molecule has 5 nitrogen and oxygen atoms in total. The Balaban J connectivity index is 1.62. The highest BCUT2D eigenvalue weighted by atomic mass is 35.5. The highest BCUT2D eigenvalue weighted by Gasteiger charge is 2.13. The summed E-state index contributed by atoms with van der Waals surface area (Å²) in [5.74, 6) is -0.319. The van der Waals surface area contributed by atoms with E-state index in [-0.39, 0.29) is 5.82 Å². The number of nitrogens with one attached hydrogen (secondary N) is 1. The molecule has 0 aliphatic heterocycles. The molecule has 0 atom stereocenters. The molecule has 2 aromatic carbocycles. The predicted octanol–water partition coefficient (Wildman–Crippen LogP) is 5.62. The van der Waals surface area contributed by atoms with Crippen molar-refractivity contribution in [3.63, 3.8) is 0 Å². The van der Waals surface area contributed by atoms with Crippen molar-refractivity contribution in [3.8, 4) is 5.69 Å². The Bertz CT molecular complexity index is 1190. The maximum Gasteiger partial charge on any atom is 0.142 e. The van der Waals surface area contributed by atoms with Gasteiger partial charge in [-0.2, -0.15) is 10.2 Å². The number of hydrogen-bond acceptors (Lipinski definition) is 4. The number of halogens is 3. The standard InChI is InChI=1S/C20H14Cl2FN5/c1-12-17(20(22)28(27-12)15-5-3-14(23)4-6-15)11-25-26-18-8-9-24-19-10-13(21)2-7-16(18)19/h2-11H,1H3,(H,24,26)/b25-11+. The molecule has 28 heavy (non-hydrogen) atoms. The van der Waals surface area contributed by atoms with Crippen molar-refractivity contribution in [1.29, 1.82) is 0 Å². The van der Waals surface area contributed by atoms with Crippen molar-refractivity contribution < 1.29 is 4.39 Å². The Morgan fingerprint density at radius 2 is 1.89 bits per heavy atom. The summed E-state index contributed by atoms with van der Waals surface area (Å²) in [6.45, 7) is 1.83. The molecular weight excluding hydrogens is 400 g/mol. The number of aryl methyl sites for hydroxylation is 1. The van der Waals surface area contributed by atoms with E-state index in [1.807, 2.05) is 19.1 Å². The molecule has 0 saturated heterocycles. The molecule has 0 unspecified atom stereocenters. The molecule has 0 radical (unpaired) electrons. The van der Waals surface area contributed by atoms with Gasteiger partial charge in [-0.3, -0.25) is 10.4 Å². The van der Waals surface area contributed by atoms with Gasteiger partial charge in [-0.15, -0.1) is 0 Å². The van der Waals surface area contributed by atoms with Crippen molar-refractivity contribution >= 4 is 46.0 Å². The number of fused-ring (bicyclic) bond motifs is 1. The Morgan fingerprint density at radius 1 is 1.11 bits per heavy atom. The van der Waals surface area contributed by atoms with Gasteiger partial charge >= 0.3 is 0 Å². The average Bonchev–Trinajstić information content (AvgIpc) is 2.96. The first-order chi connectivity index (χ1) is 13.5. The van der Waals surface area contributed by atoms with Crippen LogP contribution in [0, 0.1) is 12.7 Å². The summed E-state index contributed by atoms with van der Waals surface area (Å²) in [7, 11) is 0. The molecule has 2 heterocycles. The maximum atomic E-state index is 13.1. The van der Waals surface area contributed by atoms with Crippen LogP contribution in [0.15, 0.2) is 59.8 Å². The van der Waals surface area contributed by atoms with Crippen molar-refractivity contribution in [1.82, 2.24) is 14.8 Å². The van der Waals surface area contributed by atoms with E-state index in [9.17, 15) is 4.39 Å². The lowest BCUT2D eigenvalue weighted by Gasteiger charge is -2.05. The summed E-state index contributed by atoms with van der Waals surface area (Å²) in [5, 5.41) is 10.6. The zero-order chi connectivity index (χ0) is 19.7. The fourth-order valence-electron chi connectivity index (χ4n) is 2.80. The average molecular weight is 414 g/mol. The summed E-state index contributed by atoms with van der Waals surface area (Å²) in [6.07, 6.45) is 3.29. The molecule has 4 rings (SSSR count). The van der Waals surface area contributed by atoms with Crippen LogP contribution in [0.2, 0.25) is 10.2 Å². The van der Waals surface area contributed by atoms with E-state index >= 15 is 0 Å². The predicted molar refractivity (Wildman–Crippen MR) is 111 cm³/mol. The number of rotatable bonds is 4. The summed E-state index contributed by atoms with van der Waals surface area (Å²) in [6, 6.07) is 13.2. The maximum absolute atomic E-state index is 13.1. The van der Waals surface area contributed by atoms with Crippen molar-refractivity contribution in [2.24, 2.45) is 5.10 Å². The van der Waals surface area contributed by atoms with Crippen molar-refractivity contribution in [3.05, 3.63) is 82.0 Å². The molecule has 4 aromatic rings. The van der Waals surface area contributed by atoms with Gasteiger partial charge in [-0.05, 0) is 55.5 Å². The first-order valence-electron chi connectivity index (χ1n) is 8.37. The minimum atomic E-state index is -0.319. The lowest BCUT2D eigenvalue weighted by molar-refractivity contribution is 0.627. The molecule has 8 heteroatoms. The van der Waals surface area contributed by atoms with Gasteiger partial charge in [0.15, 0.2) is 0 Å². The minimum Gasteiger partial charge on any atom is -0.278 e. The summed E-state index contributed by atoms with van der Waals surface area (Å²) in [4.78, 5) is 4.30. The van der Waals surface area contributed by atoms with Gasteiger partial charge in [-0.1, -0.05) is 23.2 Å². The Labute approximate surface area is 170 Å². The second kappa shape index (κ2) is 7.58. The minimum absolute atomic E-state index is 0.319. The Kier molecular flexibility index (Phi) is 4.98. The van der Waals surface area contributed by atoms with Crippen molar-refractivity contribution in [2.45, 2.75) is 6.92 Å². The van der Waals surface area contributed by atoms with Crippen LogP contribution < -0.4 is 5.43 Å². The van der Waals surface area contributed by atoms with E-state index in [0.717, 1.165) is 16.6 Å². The normalized spacial score (nSPS) is 11.4. The van der Waals surface area contributed by atoms with Gasteiger partial charge < -0.3 is 0 Å². The highest BCUT2D eigenvalue weighted by molar-refractivity contribution is 6.32. The molecular formula is C20H14Cl2FN5. The largest absolute Gasteiger partial charge is 0.278 e. The number of hydrazone groups is 1. The van der Waals surface area contributed by atoms with Gasteiger partial charge in [0, 0.05) is 16.6 Å². The van der Waals surface area contributed by atoms with Crippen molar-refractivity contribution in [2.75, 3.05) is 5.43 Å². The van der Waals surface area contributed by atoms with E-state index in [1.165, 1.54) is 12.1 Å². The van der Waals surface area contributed by atoms with E-state index in [4.69, 9.17) is 23.2 Å². The lowest BCUT2D eigenvalue weighted by Crippen LogP contribution is -1.97. The second-order valence-electron chi connectivity index (χ2n) is 6.07. The quantitative estimate of drug-likeness (QED) is 0.348. The van der Waals surface area contributed by atoms with E-state index in [2.05, 4.69) is 20.6 Å². The molecule has 0 saturated carbocycles. The third-order valence-corrected chi connectivity index (χ3v) is 4.80. The molecule has 2 aromatic heterocycles. The van der Waals surface area contributed by atoms with Crippen LogP contribution in [0.5, 0.6) is 0 Å². The Hall–Kier alpha value is -2.96. The number of anilines is 1. The summed E-state index contributed by atoms with van der Waals surface area (Å²) in [5.41, 5.74) is 6.60. The number of pyridine rings is 1. The van der Waals surface area contributed by atoms with Gasteiger partial charge in [0.2, 0.25) is 0 Å². The molecule has 0 aliphatic carbocycles. The number of aromatic nitrogens is 3. The number of nitrogens with zero attached hydrogens (tertiary/aromatic N) is 4. The van der Waals surface area contributed by atoms with Crippen LogP contribution >= 0.6 is 23.2 Å². The number of benzene rings is 2. The van der Waals surface area contributed by atoms with Gasteiger partial charge in [-0.25, -0.2) is 9.07 Å².